The van der Waals surface area contributed by atoms with Crippen molar-refractivity contribution in [3.05, 3.63) is 45.6 Å². The molecular weight excluding hydrogens is 580 g/mol. The van der Waals surface area contributed by atoms with Gasteiger partial charge in [0.1, 0.15) is 83.7 Å². The van der Waals surface area contributed by atoms with Crippen molar-refractivity contribution in [1.29, 1.82) is 0 Å². The van der Waals surface area contributed by atoms with Crippen LogP contribution >= 0.6 is 0 Å². The molecule has 2 aliphatic heterocycles. The monoisotopic (exact) mass is 610 g/mol. The Morgan fingerprint density at radius 2 is 1.16 bits per heavy atom. The van der Waals surface area contributed by atoms with E-state index in [1.807, 2.05) is 0 Å². The number of fused-ring (bicyclic) bond motifs is 1. The van der Waals surface area contributed by atoms with Crippen LogP contribution in [0.4, 0.5) is 0 Å². The molecule has 0 saturated carbocycles. The van der Waals surface area contributed by atoms with Gasteiger partial charge in [-0.1, -0.05) is 0 Å². The third-order valence-electron chi connectivity index (χ3n) is 7.81. The van der Waals surface area contributed by atoms with Crippen LogP contribution in [-0.4, -0.2) is 123 Å². The summed E-state index contributed by atoms with van der Waals surface area (Å²) in [5, 5.41) is 124. The highest BCUT2D eigenvalue weighted by molar-refractivity contribution is 5.92. The zero-order chi connectivity index (χ0) is 31.5. The van der Waals surface area contributed by atoms with Crippen molar-refractivity contribution in [2.45, 2.75) is 61.0 Å². The summed E-state index contributed by atoms with van der Waals surface area (Å²) in [4.78, 5) is 13.5. The van der Waals surface area contributed by atoms with Gasteiger partial charge in [-0.3, -0.25) is 4.79 Å². The second-order valence-electron chi connectivity index (χ2n) is 10.4. The van der Waals surface area contributed by atoms with E-state index in [0.717, 1.165) is 18.2 Å². The molecule has 0 aliphatic carbocycles. The van der Waals surface area contributed by atoms with Gasteiger partial charge in [-0.25, -0.2) is 0 Å². The molecule has 0 unspecified atom stereocenters. The molecule has 2 aromatic carbocycles. The number of aliphatic hydroxyl groups is 8. The fraction of sp³-hybridized carbons (Fsp3) is 0.444. The maximum absolute atomic E-state index is 13.5. The number of benzene rings is 2. The van der Waals surface area contributed by atoms with E-state index in [2.05, 4.69) is 0 Å². The first-order valence-corrected chi connectivity index (χ1v) is 13.0. The molecule has 234 valence electrons. The van der Waals surface area contributed by atoms with Crippen molar-refractivity contribution in [2.24, 2.45) is 0 Å². The molecular formula is C27H30O16. The third-order valence-corrected chi connectivity index (χ3v) is 7.81. The molecule has 10 atom stereocenters. The Balaban J connectivity index is 1.82. The molecule has 1 aromatic heterocycles. The van der Waals surface area contributed by atoms with Gasteiger partial charge in [0.2, 0.25) is 0 Å². The van der Waals surface area contributed by atoms with E-state index in [0.29, 0.717) is 0 Å². The van der Waals surface area contributed by atoms with E-state index >= 15 is 0 Å². The first kappa shape index (κ1) is 30.9. The minimum atomic E-state index is -2.05. The summed E-state index contributed by atoms with van der Waals surface area (Å²) < 4.78 is 16.9. The van der Waals surface area contributed by atoms with Crippen molar-refractivity contribution < 1.29 is 75.2 Å². The zero-order valence-electron chi connectivity index (χ0n) is 22.0. The molecule has 0 amide bonds. The van der Waals surface area contributed by atoms with Gasteiger partial charge in [0.05, 0.1) is 24.3 Å². The predicted molar refractivity (Wildman–Crippen MR) is 140 cm³/mol. The number of hydrogen-bond donors (Lipinski definition) is 12. The third kappa shape index (κ3) is 4.96. The normalized spacial score (nSPS) is 33.1. The van der Waals surface area contributed by atoms with E-state index in [1.165, 1.54) is 6.07 Å². The van der Waals surface area contributed by atoms with E-state index < -0.39 is 125 Å². The Labute approximate surface area is 240 Å². The van der Waals surface area contributed by atoms with Crippen LogP contribution in [0.2, 0.25) is 0 Å². The number of phenolic OH excluding ortho intramolecular Hbond substituents is 4. The van der Waals surface area contributed by atoms with E-state index in [4.69, 9.17) is 13.9 Å². The van der Waals surface area contributed by atoms with Gasteiger partial charge in [0.15, 0.2) is 22.5 Å². The lowest BCUT2D eigenvalue weighted by Gasteiger charge is -2.42. The van der Waals surface area contributed by atoms with Crippen LogP contribution in [0.5, 0.6) is 23.0 Å². The molecule has 2 saturated heterocycles. The maximum Gasteiger partial charge on any atom is 0.197 e. The molecule has 12 N–H and O–H groups in total. The van der Waals surface area contributed by atoms with Gasteiger partial charge in [-0.15, -0.1) is 0 Å². The molecule has 2 fully saturated rings. The van der Waals surface area contributed by atoms with Crippen molar-refractivity contribution in [3.8, 4) is 34.3 Å². The van der Waals surface area contributed by atoms with Gasteiger partial charge < -0.3 is 75.2 Å². The van der Waals surface area contributed by atoms with Crippen molar-refractivity contribution in [1.82, 2.24) is 0 Å². The smallest absolute Gasteiger partial charge is 0.197 e. The highest BCUT2D eigenvalue weighted by atomic mass is 16.6. The van der Waals surface area contributed by atoms with Gasteiger partial charge in [0.25, 0.3) is 0 Å². The van der Waals surface area contributed by atoms with Crippen LogP contribution in [0.25, 0.3) is 22.3 Å². The van der Waals surface area contributed by atoms with Crippen molar-refractivity contribution in [3.63, 3.8) is 0 Å². The average Bonchev–Trinajstić information content (AvgIpc) is 2.98. The number of rotatable bonds is 5. The standard InChI is InChI=1S/C27H30O16/c28-5-12-17(33)21(37)23(39)26(42-12)15-19(35)14-10(32)4-11(7-1-2-8(30)9(31)3-7)41-25(14)16(20(15)36)27-24(40)22(38)18(34)13(6-29)43-27/h1-4,12-13,17-18,21-24,26-31,33-40H,5-6H2/t12-,13-,17-,18-,21+,22+,23-,24-,26+,27-/m1/s1. The molecule has 0 radical (unpaired) electrons. The summed E-state index contributed by atoms with van der Waals surface area (Å²) >= 11 is 0. The first-order chi connectivity index (χ1) is 20.3. The van der Waals surface area contributed by atoms with Gasteiger partial charge >= 0.3 is 0 Å². The number of aliphatic hydroxyl groups excluding tert-OH is 8. The van der Waals surface area contributed by atoms with Crippen LogP contribution in [0.15, 0.2) is 33.5 Å². The number of phenols is 4. The average molecular weight is 611 g/mol. The molecule has 0 bridgehead atoms. The fourth-order valence-electron chi connectivity index (χ4n) is 5.44. The molecule has 43 heavy (non-hydrogen) atoms. The molecule has 3 aromatic rings. The lowest BCUT2D eigenvalue weighted by molar-refractivity contribution is -0.234. The largest absolute Gasteiger partial charge is 0.507 e. The molecule has 0 spiro atoms. The number of aromatic hydroxyl groups is 4. The summed E-state index contributed by atoms with van der Waals surface area (Å²) in [6, 6.07) is 4.26. The Morgan fingerprint density at radius 1 is 0.628 bits per heavy atom. The maximum atomic E-state index is 13.5. The zero-order valence-corrected chi connectivity index (χ0v) is 22.0. The minimum Gasteiger partial charge on any atom is -0.507 e. The minimum absolute atomic E-state index is 0.0334. The summed E-state index contributed by atoms with van der Waals surface area (Å²) in [6.45, 7) is -1.75. The fourth-order valence-corrected chi connectivity index (χ4v) is 5.44. The van der Waals surface area contributed by atoms with E-state index in [1.54, 1.807) is 0 Å². The van der Waals surface area contributed by atoms with Crippen LogP contribution in [0.3, 0.4) is 0 Å². The van der Waals surface area contributed by atoms with Crippen LogP contribution < -0.4 is 5.43 Å². The predicted octanol–water partition coefficient (Wildman–Crippen LogP) is -2.69. The number of ether oxygens (including phenoxy) is 2. The van der Waals surface area contributed by atoms with E-state index in [-0.39, 0.29) is 11.3 Å². The summed E-state index contributed by atoms with van der Waals surface area (Å²) in [5.41, 5.74) is -2.97. The molecule has 16 nitrogen and oxygen atoms in total. The highest BCUT2D eigenvalue weighted by Gasteiger charge is 2.50. The molecule has 3 heterocycles. The summed E-state index contributed by atoms with van der Waals surface area (Å²) in [7, 11) is 0. The highest BCUT2D eigenvalue weighted by Crippen LogP contribution is 2.51. The van der Waals surface area contributed by atoms with Crippen LogP contribution in [0, 0.1) is 0 Å². The summed E-state index contributed by atoms with van der Waals surface area (Å²) in [5.74, 6) is -3.43. The quantitative estimate of drug-likeness (QED) is 0.131. The Morgan fingerprint density at radius 3 is 1.67 bits per heavy atom. The van der Waals surface area contributed by atoms with Crippen molar-refractivity contribution in [2.75, 3.05) is 13.2 Å². The second-order valence-corrected chi connectivity index (χ2v) is 10.4. The van der Waals surface area contributed by atoms with Crippen molar-refractivity contribution >= 4 is 11.0 Å². The SMILES string of the molecule is O=c1cc(-c2ccc(O)c(O)c2)oc2c([C@H]3O[C@H](CO)[C@@H](O)[C@H](O)[C@H]3O)c(O)c([C@@H]3O[C@H](CO)[C@@H](O)[C@H](O)[C@H]3O)c(O)c12. The summed E-state index contributed by atoms with van der Waals surface area (Å²) in [6.07, 6.45) is -18.5. The Bertz CT molecular complexity index is 1570. The molecule has 5 rings (SSSR count). The van der Waals surface area contributed by atoms with Crippen LogP contribution in [0.1, 0.15) is 23.3 Å². The Kier molecular flexibility index (Phi) is 8.27. The lowest BCUT2D eigenvalue weighted by atomic mass is 9.85. The van der Waals surface area contributed by atoms with E-state index in [9.17, 15) is 66.1 Å². The van der Waals surface area contributed by atoms with Gasteiger partial charge in [-0.2, -0.15) is 0 Å². The van der Waals surface area contributed by atoms with Gasteiger partial charge in [-0.05, 0) is 18.2 Å². The lowest BCUT2D eigenvalue weighted by Crippen LogP contribution is -2.55. The molecule has 16 heteroatoms. The second kappa shape index (κ2) is 11.5. The number of hydrogen-bond acceptors (Lipinski definition) is 16. The topological polar surface area (TPSA) is 291 Å². The Hall–Kier alpha value is -3.55. The van der Waals surface area contributed by atoms with Crippen LogP contribution in [-0.2, 0) is 9.47 Å². The first-order valence-electron chi connectivity index (χ1n) is 13.0. The van der Waals surface area contributed by atoms with Gasteiger partial charge in [0, 0.05) is 11.6 Å². The molecule has 2 aliphatic rings.